The molecule has 0 saturated carbocycles. The fraction of sp³-hybridized carbons (Fsp3) is 0.150. The van der Waals surface area contributed by atoms with Gasteiger partial charge in [-0.1, -0.05) is 18.2 Å². The van der Waals surface area contributed by atoms with Gasteiger partial charge >= 0.3 is 6.18 Å². The van der Waals surface area contributed by atoms with Crippen LogP contribution >= 0.6 is 11.3 Å². The number of hydrogen-bond donors (Lipinski definition) is 0. The van der Waals surface area contributed by atoms with E-state index in [1.165, 1.54) is 28.6 Å². The minimum Gasteiger partial charge on any atom is -0.265 e. The molecule has 2 aromatic carbocycles. The van der Waals surface area contributed by atoms with Crippen LogP contribution in [0.3, 0.4) is 0 Å². The molecule has 4 nitrogen and oxygen atoms in total. The SMILES string of the molecule is N#Cc1ccc(S(=O)(=O)N2CCc3cc(-c4ccc(C(F)(F)F)cc4)ccc32)s1. The van der Waals surface area contributed by atoms with E-state index in [4.69, 9.17) is 5.26 Å². The first kappa shape index (κ1) is 19.5. The third-order valence-corrected chi connectivity index (χ3v) is 7.98. The van der Waals surface area contributed by atoms with Crippen LogP contribution in [0.1, 0.15) is 16.0 Å². The molecule has 1 aliphatic rings. The number of fused-ring (bicyclic) bond motifs is 1. The highest BCUT2D eigenvalue weighted by molar-refractivity contribution is 7.94. The molecule has 9 heteroatoms. The molecule has 148 valence electrons. The van der Waals surface area contributed by atoms with Gasteiger partial charge in [0.1, 0.15) is 15.2 Å². The van der Waals surface area contributed by atoms with Gasteiger partial charge in [0.2, 0.25) is 0 Å². The van der Waals surface area contributed by atoms with Crippen molar-refractivity contribution in [2.75, 3.05) is 10.8 Å². The Hall–Kier alpha value is -2.83. The molecule has 0 fully saturated rings. The normalized spacial score (nSPS) is 13.9. The van der Waals surface area contributed by atoms with E-state index in [-0.39, 0.29) is 10.8 Å². The topological polar surface area (TPSA) is 61.2 Å². The summed E-state index contributed by atoms with van der Waals surface area (Å²) in [7, 11) is -3.77. The summed E-state index contributed by atoms with van der Waals surface area (Å²) in [5, 5.41) is 8.93. The summed E-state index contributed by atoms with van der Waals surface area (Å²) in [6.45, 7) is 0.272. The van der Waals surface area contributed by atoms with Gasteiger partial charge in [-0.2, -0.15) is 18.4 Å². The molecule has 3 aromatic rings. The fourth-order valence-corrected chi connectivity index (χ4v) is 6.00. The number of halogens is 3. The van der Waals surface area contributed by atoms with Crippen molar-refractivity contribution in [3.63, 3.8) is 0 Å². The maximum Gasteiger partial charge on any atom is 0.416 e. The van der Waals surface area contributed by atoms with Crippen LogP contribution in [-0.2, 0) is 22.6 Å². The molecule has 0 radical (unpaired) electrons. The molecule has 0 atom stereocenters. The second kappa shape index (κ2) is 6.90. The van der Waals surface area contributed by atoms with Gasteiger partial charge in [-0.25, -0.2) is 8.42 Å². The summed E-state index contributed by atoms with van der Waals surface area (Å²) < 4.78 is 65.5. The van der Waals surface area contributed by atoms with Crippen LogP contribution in [-0.4, -0.2) is 15.0 Å². The highest BCUT2D eigenvalue weighted by atomic mass is 32.2. The monoisotopic (exact) mass is 434 g/mol. The van der Waals surface area contributed by atoms with Crippen LogP contribution in [0.25, 0.3) is 11.1 Å². The van der Waals surface area contributed by atoms with Crippen molar-refractivity contribution >= 4 is 27.0 Å². The van der Waals surface area contributed by atoms with E-state index in [1.807, 2.05) is 12.1 Å². The van der Waals surface area contributed by atoms with Crippen LogP contribution in [0.15, 0.2) is 58.8 Å². The minimum atomic E-state index is -4.39. The predicted octanol–water partition coefficient (Wildman–Crippen LogP) is 5.06. The van der Waals surface area contributed by atoms with E-state index < -0.39 is 21.8 Å². The van der Waals surface area contributed by atoms with Crippen molar-refractivity contribution in [2.45, 2.75) is 16.8 Å². The zero-order chi connectivity index (χ0) is 20.8. The van der Waals surface area contributed by atoms with Gasteiger partial charge in [0, 0.05) is 6.54 Å². The molecular weight excluding hydrogens is 421 g/mol. The van der Waals surface area contributed by atoms with Crippen molar-refractivity contribution in [1.82, 2.24) is 0 Å². The van der Waals surface area contributed by atoms with Gasteiger partial charge in [-0.05, 0) is 59.5 Å². The number of thiophene rings is 1. The smallest absolute Gasteiger partial charge is 0.265 e. The maximum absolute atomic E-state index is 12.9. The average molecular weight is 434 g/mol. The average Bonchev–Trinajstić information content (AvgIpc) is 3.34. The Bertz CT molecular complexity index is 1220. The van der Waals surface area contributed by atoms with E-state index in [0.717, 1.165) is 34.6 Å². The molecule has 29 heavy (non-hydrogen) atoms. The molecule has 0 amide bonds. The van der Waals surface area contributed by atoms with Crippen molar-refractivity contribution in [1.29, 1.82) is 5.26 Å². The number of alkyl halides is 3. The van der Waals surface area contributed by atoms with Gasteiger partial charge in [-0.15, -0.1) is 11.3 Å². The molecule has 0 bridgehead atoms. The molecule has 0 aliphatic carbocycles. The summed E-state index contributed by atoms with van der Waals surface area (Å²) in [5.74, 6) is 0. The molecule has 4 rings (SSSR count). The summed E-state index contributed by atoms with van der Waals surface area (Å²) in [4.78, 5) is 0.320. The number of nitriles is 1. The van der Waals surface area contributed by atoms with Crippen LogP contribution < -0.4 is 4.31 Å². The standard InChI is InChI=1S/C20H13F3N2O2S2/c21-20(22,23)16-4-1-13(2-5-16)14-3-7-18-15(11-14)9-10-25(18)29(26,27)19-8-6-17(12-24)28-19/h1-8,11H,9-10H2. The number of anilines is 1. The van der Waals surface area contributed by atoms with Crippen molar-refractivity contribution in [2.24, 2.45) is 0 Å². The van der Waals surface area contributed by atoms with E-state index in [1.54, 1.807) is 12.1 Å². The van der Waals surface area contributed by atoms with Crippen LogP contribution in [0, 0.1) is 11.3 Å². The lowest BCUT2D eigenvalue weighted by Gasteiger charge is -2.18. The summed E-state index contributed by atoms with van der Waals surface area (Å²) >= 11 is 0.922. The van der Waals surface area contributed by atoms with Gasteiger partial charge in [0.15, 0.2) is 0 Å². The van der Waals surface area contributed by atoms with Crippen LogP contribution in [0.2, 0.25) is 0 Å². The molecule has 1 aromatic heterocycles. The number of hydrogen-bond acceptors (Lipinski definition) is 4. The third-order valence-electron chi connectivity index (χ3n) is 4.71. The lowest BCUT2D eigenvalue weighted by atomic mass is 10.0. The fourth-order valence-electron chi connectivity index (χ4n) is 3.28. The lowest BCUT2D eigenvalue weighted by Crippen LogP contribution is -2.28. The maximum atomic E-state index is 12.9. The van der Waals surface area contributed by atoms with Crippen LogP contribution in [0.5, 0.6) is 0 Å². The molecule has 0 spiro atoms. The molecule has 0 N–H and O–H groups in total. The highest BCUT2D eigenvalue weighted by Gasteiger charge is 2.32. The van der Waals surface area contributed by atoms with Gasteiger partial charge in [-0.3, -0.25) is 4.31 Å². The predicted molar refractivity (Wildman–Crippen MR) is 104 cm³/mol. The van der Waals surface area contributed by atoms with Crippen molar-refractivity contribution in [3.8, 4) is 17.2 Å². The van der Waals surface area contributed by atoms with E-state index in [9.17, 15) is 21.6 Å². The third kappa shape index (κ3) is 3.50. The molecular formula is C20H13F3N2O2S2. The largest absolute Gasteiger partial charge is 0.416 e. The second-order valence-corrected chi connectivity index (χ2v) is 9.65. The molecule has 2 heterocycles. The van der Waals surface area contributed by atoms with Crippen LogP contribution in [0.4, 0.5) is 18.9 Å². The van der Waals surface area contributed by atoms with Crippen molar-refractivity contribution < 1.29 is 21.6 Å². The zero-order valence-corrected chi connectivity index (χ0v) is 16.4. The highest BCUT2D eigenvalue weighted by Crippen LogP contribution is 2.38. The Morgan fingerprint density at radius 1 is 1.00 bits per heavy atom. The summed E-state index contributed by atoms with van der Waals surface area (Å²) in [6, 6.07) is 14.9. The Morgan fingerprint density at radius 3 is 2.31 bits per heavy atom. The summed E-state index contributed by atoms with van der Waals surface area (Å²) in [5.41, 5.74) is 1.99. The van der Waals surface area contributed by atoms with E-state index in [2.05, 4.69) is 0 Å². The first-order valence-electron chi connectivity index (χ1n) is 8.53. The number of nitrogens with zero attached hydrogens (tertiary/aromatic N) is 2. The number of benzene rings is 2. The molecule has 0 unspecified atom stereocenters. The Labute approximate surface area is 169 Å². The quantitative estimate of drug-likeness (QED) is 0.579. The molecule has 1 aliphatic heterocycles. The lowest BCUT2D eigenvalue weighted by molar-refractivity contribution is -0.137. The first-order chi connectivity index (χ1) is 13.7. The van der Waals surface area contributed by atoms with Gasteiger partial charge < -0.3 is 0 Å². The van der Waals surface area contributed by atoms with E-state index >= 15 is 0 Å². The van der Waals surface area contributed by atoms with Crippen molar-refractivity contribution in [3.05, 3.63) is 70.6 Å². The Kier molecular flexibility index (Phi) is 4.63. The van der Waals surface area contributed by atoms with Gasteiger partial charge in [0.25, 0.3) is 10.0 Å². The second-order valence-electron chi connectivity index (χ2n) is 6.48. The minimum absolute atomic E-state index is 0.105. The Balaban J connectivity index is 1.65. The van der Waals surface area contributed by atoms with Gasteiger partial charge in [0.05, 0.1) is 11.3 Å². The summed E-state index contributed by atoms with van der Waals surface area (Å²) in [6.07, 6.45) is -3.89. The zero-order valence-electron chi connectivity index (χ0n) is 14.8. The number of sulfonamides is 1. The molecule has 0 saturated heterocycles. The Morgan fingerprint density at radius 2 is 1.69 bits per heavy atom. The van der Waals surface area contributed by atoms with E-state index in [0.29, 0.717) is 22.5 Å². The first-order valence-corrected chi connectivity index (χ1v) is 10.8. The number of rotatable bonds is 3.